The van der Waals surface area contributed by atoms with Crippen molar-refractivity contribution in [2.24, 2.45) is 0 Å². The van der Waals surface area contributed by atoms with Crippen molar-refractivity contribution in [2.75, 3.05) is 7.11 Å². The van der Waals surface area contributed by atoms with Gasteiger partial charge in [0.25, 0.3) is 5.91 Å². The number of aromatic nitrogens is 2. The van der Waals surface area contributed by atoms with Crippen LogP contribution in [-0.2, 0) is 6.42 Å². The number of H-pyrrole nitrogens is 1. The summed E-state index contributed by atoms with van der Waals surface area (Å²) in [6.07, 6.45) is 3.50. The van der Waals surface area contributed by atoms with E-state index in [0.717, 1.165) is 24.2 Å². The van der Waals surface area contributed by atoms with Crippen molar-refractivity contribution in [3.63, 3.8) is 0 Å². The summed E-state index contributed by atoms with van der Waals surface area (Å²) in [7, 11) is 1.62. The van der Waals surface area contributed by atoms with Crippen LogP contribution in [0.2, 0.25) is 0 Å². The number of ether oxygens (including phenoxy) is 1. The number of nitrogens with one attached hydrogen (secondary N) is 2. The molecule has 126 valence electrons. The van der Waals surface area contributed by atoms with Crippen LogP contribution >= 0.6 is 0 Å². The molecule has 0 saturated heterocycles. The third-order valence-corrected chi connectivity index (χ3v) is 4.68. The Labute approximate surface area is 146 Å². The SMILES string of the molecule is COc1cccc(-c2[nH]ncc2C(=O)NC2CCc3ccccc32)c1. The van der Waals surface area contributed by atoms with Gasteiger partial charge in [-0.15, -0.1) is 0 Å². The number of benzene rings is 2. The Balaban J connectivity index is 1.59. The van der Waals surface area contributed by atoms with Gasteiger partial charge < -0.3 is 10.1 Å². The summed E-state index contributed by atoms with van der Waals surface area (Å²) in [5.74, 6) is 0.622. The Kier molecular flexibility index (Phi) is 3.98. The van der Waals surface area contributed by atoms with Gasteiger partial charge in [0.05, 0.1) is 30.6 Å². The predicted octanol–water partition coefficient (Wildman–Crippen LogP) is 3.50. The molecule has 1 aliphatic carbocycles. The Hall–Kier alpha value is -3.08. The maximum absolute atomic E-state index is 12.8. The van der Waals surface area contributed by atoms with Crippen LogP contribution in [0.25, 0.3) is 11.3 Å². The summed E-state index contributed by atoms with van der Waals surface area (Å²) < 4.78 is 5.27. The number of hydrogen-bond donors (Lipinski definition) is 2. The monoisotopic (exact) mass is 333 g/mol. The van der Waals surface area contributed by atoms with Crippen LogP contribution in [0.1, 0.15) is 33.9 Å². The molecular formula is C20H19N3O2. The molecule has 2 aromatic carbocycles. The fourth-order valence-electron chi connectivity index (χ4n) is 3.40. The lowest BCUT2D eigenvalue weighted by atomic mass is 10.1. The summed E-state index contributed by atoms with van der Waals surface area (Å²) in [6, 6.07) is 15.9. The van der Waals surface area contributed by atoms with E-state index in [4.69, 9.17) is 4.74 Å². The zero-order chi connectivity index (χ0) is 17.2. The van der Waals surface area contributed by atoms with Crippen molar-refractivity contribution >= 4 is 5.91 Å². The van der Waals surface area contributed by atoms with Crippen LogP contribution in [0.15, 0.2) is 54.7 Å². The zero-order valence-electron chi connectivity index (χ0n) is 14.0. The fourth-order valence-corrected chi connectivity index (χ4v) is 3.40. The number of amides is 1. The number of fused-ring (bicyclic) bond motifs is 1. The molecule has 4 rings (SSSR count). The Morgan fingerprint density at radius 3 is 3.00 bits per heavy atom. The van der Waals surface area contributed by atoms with Gasteiger partial charge in [-0.1, -0.05) is 36.4 Å². The van der Waals surface area contributed by atoms with Gasteiger partial charge in [0, 0.05) is 5.56 Å². The fraction of sp³-hybridized carbons (Fsp3) is 0.200. The van der Waals surface area contributed by atoms with E-state index in [1.807, 2.05) is 36.4 Å². The quantitative estimate of drug-likeness (QED) is 0.768. The maximum Gasteiger partial charge on any atom is 0.255 e. The maximum atomic E-state index is 12.8. The van der Waals surface area contributed by atoms with E-state index in [-0.39, 0.29) is 11.9 Å². The zero-order valence-corrected chi connectivity index (χ0v) is 14.0. The number of methoxy groups -OCH3 is 1. The van der Waals surface area contributed by atoms with E-state index in [2.05, 4.69) is 27.6 Å². The van der Waals surface area contributed by atoms with Crippen molar-refractivity contribution < 1.29 is 9.53 Å². The lowest BCUT2D eigenvalue weighted by Crippen LogP contribution is -2.27. The number of carbonyl (C=O) groups excluding carboxylic acids is 1. The molecule has 1 atom stereocenters. The molecule has 0 saturated carbocycles. The molecule has 25 heavy (non-hydrogen) atoms. The van der Waals surface area contributed by atoms with Crippen LogP contribution in [0.5, 0.6) is 5.75 Å². The molecule has 2 N–H and O–H groups in total. The molecule has 0 bridgehead atoms. The number of nitrogens with zero attached hydrogens (tertiary/aromatic N) is 1. The van der Waals surface area contributed by atoms with Crippen molar-refractivity contribution in [3.8, 4) is 17.0 Å². The van der Waals surface area contributed by atoms with Gasteiger partial charge in [-0.2, -0.15) is 5.10 Å². The smallest absolute Gasteiger partial charge is 0.255 e. The second-order valence-electron chi connectivity index (χ2n) is 6.15. The van der Waals surface area contributed by atoms with Crippen LogP contribution in [0.3, 0.4) is 0 Å². The molecule has 1 aliphatic rings. The largest absolute Gasteiger partial charge is 0.497 e. The molecule has 1 amide bonds. The third-order valence-electron chi connectivity index (χ3n) is 4.68. The first-order valence-electron chi connectivity index (χ1n) is 8.32. The second-order valence-corrected chi connectivity index (χ2v) is 6.15. The molecule has 5 heteroatoms. The van der Waals surface area contributed by atoms with Crippen molar-refractivity contribution in [3.05, 3.63) is 71.4 Å². The molecule has 1 heterocycles. The number of aryl methyl sites for hydroxylation is 1. The number of rotatable bonds is 4. The minimum Gasteiger partial charge on any atom is -0.497 e. The van der Waals surface area contributed by atoms with E-state index in [0.29, 0.717) is 11.3 Å². The summed E-state index contributed by atoms with van der Waals surface area (Å²) in [6.45, 7) is 0. The second kappa shape index (κ2) is 6.43. The summed E-state index contributed by atoms with van der Waals surface area (Å²) in [5, 5.41) is 10.1. The minimum atomic E-state index is -0.117. The summed E-state index contributed by atoms with van der Waals surface area (Å²) in [4.78, 5) is 12.8. The number of aromatic amines is 1. The highest BCUT2D eigenvalue weighted by molar-refractivity contribution is 6.00. The lowest BCUT2D eigenvalue weighted by Gasteiger charge is -2.14. The van der Waals surface area contributed by atoms with Crippen LogP contribution in [-0.4, -0.2) is 23.2 Å². The molecule has 1 unspecified atom stereocenters. The van der Waals surface area contributed by atoms with Gasteiger partial charge in [0.1, 0.15) is 5.75 Å². The molecule has 5 nitrogen and oxygen atoms in total. The van der Waals surface area contributed by atoms with Gasteiger partial charge in [-0.05, 0) is 36.1 Å². The van der Waals surface area contributed by atoms with Crippen molar-refractivity contribution in [1.29, 1.82) is 0 Å². The number of carbonyl (C=O) groups is 1. The molecule has 1 aromatic heterocycles. The van der Waals surface area contributed by atoms with Gasteiger partial charge in [-0.25, -0.2) is 0 Å². The van der Waals surface area contributed by atoms with E-state index < -0.39 is 0 Å². The first-order valence-corrected chi connectivity index (χ1v) is 8.32. The first-order chi connectivity index (χ1) is 12.3. The summed E-state index contributed by atoms with van der Waals surface area (Å²) in [5.41, 5.74) is 4.63. The van der Waals surface area contributed by atoms with Crippen molar-refractivity contribution in [2.45, 2.75) is 18.9 Å². The highest BCUT2D eigenvalue weighted by Crippen LogP contribution is 2.31. The molecule has 0 fully saturated rings. The highest BCUT2D eigenvalue weighted by Gasteiger charge is 2.25. The van der Waals surface area contributed by atoms with Crippen LogP contribution in [0.4, 0.5) is 0 Å². The van der Waals surface area contributed by atoms with Crippen LogP contribution < -0.4 is 10.1 Å². The standard InChI is InChI=1S/C20H19N3O2/c1-25-15-7-4-6-14(11-15)19-17(12-21-23-19)20(24)22-18-10-9-13-5-2-3-8-16(13)18/h2-8,11-12,18H,9-10H2,1H3,(H,21,23)(H,22,24). The van der Waals surface area contributed by atoms with E-state index in [1.54, 1.807) is 13.3 Å². The van der Waals surface area contributed by atoms with Gasteiger partial charge in [-0.3, -0.25) is 9.89 Å². The average Bonchev–Trinajstić information content (AvgIpc) is 3.29. The average molecular weight is 333 g/mol. The molecule has 0 aliphatic heterocycles. The Bertz CT molecular complexity index is 917. The van der Waals surface area contributed by atoms with Gasteiger partial charge in [0.15, 0.2) is 0 Å². The summed E-state index contributed by atoms with van der Waals surface area (Å²) >= 11 is 0. The first kappa shape index (κ1) is 15.4. The lowest BCUT2D eigenvalue weighted by molar-refractivity contribution is 0.0937. The highest BCUT2D eigenvalue weighted by atomic mass is 16.5. The number of hydrogen-bond acceptors (Lipinski definition) is 3. The minimum absolute atomic E-state index is 0.0526. The van der Waals surface area contributed by atoms with Gasteiger partial charge in [0.2, 0.25) is 0 Å². The van der Waals surface area contributed by atoms with E-state index in [1.165, 1.54) is 11.1 Å². The molecule has 0 radical (unpaired) electrons. The predicted molar refractivity (Wildman–Crippen MR) is 95.5 cm³/mol. The molecule has 0 spiro atoms. The topological polar surface area (TPSA) is 67.0 Å². The third kappa shape index (κ3) is 2.89. The van der Waals surface area contributed by atoms with Crippen molar-refractivity contribution in [1.82, 2.24) is 15.5 Å². The normalized spacial score (nSPS) is 15.6. The Morgan fingerprint density at radius 2 is 2.12 bits per heavy atom. The Morgan fingerprint density at radius 1 is 1.24 bits per heavy atom. The van der Waals surface area contributed by atoms with Gasteiger partial charge >= 0.3 is 0 Å². The van der Waals surface area contributed by atoms with E-state index >= 15 is 0 Å². The van der Waals surface area contributed by atoms with Crippen LogP contribution in [0, 0.1) is 0 Å². The molecular weight excluding hydrogens is 314 g/mol. The molecule has 3 aromatic rings. The van der Waals surface area contributed by atoms with E-state index in [9.17, 15) is 4.79 Å².